The van der Waals surface area contributed by atoms with Gasteiger partial charge in [0.1, 0.15) is 12.0 Å². The second-order valence-electron chi connectivity index (χ2n) is 5.28. The van der Waals surface area contributed by atoms with Gasteiger partial charge in [-0.1, -0.05) is 17.7 Å². The first-order valence-electron chi connectivity index (χ1n) is 7.40. The number of aryl methyl sites for hydroxylation is 1. The van der Waals surface area contributed by atoms with Crippen molar-refractivity contribution in [1.82, 2.24) is 15.0 Å². The van der Waals surface area contributed by atoms with Crippen LogP contribution < -0.4 is 16.4 Å². The van der Waals surface area contributed by atoms with Crippen LogP contribution in [0.5, 0.6) is 0 Å². The monoisotopic (exact) mass is 340 g/mol. The number of pyridine rings is 1. The number of benzene rings is 1. The molecule has 2 heterocycles. The molecule has 0 bridgehead atoms. The maximum absolute atomic E-state index is 6.18. The Kier molecular flexibility index (Phi) is 4.77. The largest absolute Gasteiger partial charge is 0.393 e. The molecule has 0 unspecified atom stereocenters. The van der Waals surface area contributed by atoms with E-state index in [1.807, 2.05) is 37.3 Å². The molecule has 0 saturated carbocycles. The number of nitrogens with two attached hydrogens (primary N) is 1. The standard InChI is InChI=1S/C17H17ClN6/c1-11-7-13(18)4-5-14(11)24-17-15(19)16(22-10-23-17)21-9-12-3-2-6-20-8-12/h2-8,10H,9,19H2,1H3,(H2,21,22,23,24). The summed E-state index contributed by atoms with van der Waals surface area (Å²) in [6.45, 7) is 2.54. The fourth-order valence-corrected chi connectivity index (χ4v) is 2.45. The third-order valence-corrected chi connectivity index (χ3v) is 3.74. The van der Waals surface area contributed by atoms with Gasteiger partial charge in [-0.15, -0.1) is 0 Å². The average Bonchev–Trinajstić information content (AvgIpc) is 2.59. The molecule has 0 spiro atoms. The van der Waals surface area contributed by atoms with Gasteiger partial charge in [-0.3, -0.25) is 4.98 Å². The lowest BCUT2D eigenvalue weighted by atomic mass is 10.2. The summed E-state index contributed by atoms with van der Waals surface area (Å²) in [5.74, 6) is 1.12. The predicted octanol–water partition coefficient (Wildman–Crippen LogP) is 3.77. The van der Waals surface area contributed by atoms with Crippen LogP contribution in [0.2, 0.25) is 5.02 Å². The summed E-state index contributed by atoms with van der Waals surface area (Å²) in [5, 5.41) is 7.11. The van der Waals surface area contributed by atoms with Gasteiger partial charge in [-0.2, -0.15) is 0 Å². The Balaban J connectivity index is 1.78. The number of halogens is 1. The minimum absolute atomic E-state index is 0.454. The van der Waals surface area contributed by atoms with Gasteiger partial charge >= 0.3 is 0 Å². The number of rotatable bonds is 5. The smallest absolute Gasteiger partial charge is 0.159 e. The summed E-state index contributed by atoms with van der Waals surface area (Å²) >= 11 is 5.98. The molecule has 122 valence electrons. The maximum atomic E-state index is 6.18. The molecule has 2 aromatic heterocycles. The van der Waals surface area contributed by atoms with E-state index in [9.17, 15) is 0 Å². The second kappa shape index (κ2) is 7.14. The molecule has 0 saturated heterocycles. The van der Waals surface area contributed by atoms with Crippen LogP contribution in [0.15, 0.2) is 49.1 Å². The summed E-state index contributed by atoms with van der Waals surface area (Å²) in [6.07, 6.45) is 5.00. The Labute approximate surface area is 145 Å². The summed E-state index contributed by atoms with van der Waals surface area (Å²) in [7, 11) is 0. The van der Waals surface area contributed by atoms with Crippen LogP contribution >= 0.6 is 11.6 Å². The molecule has 0 radical (unpaired) electrons. The Bertz CT molecular complexity index is 838. The van der Waals surface area contributed by atoms with Crippen molar-refractivity contribution in [2.75, 3.05) is 16.4 Å². The second-order valence-corrected chi connectivity index (χ2v) is 5.72. The van der Waals surface area contributed by atoms with Crippen molar-refractivity contribution < 1.29 is 0 Å². The summed E-state index contributed by atoms with van der Waals surface area (Å²) in [5.41, 5.74) is 9.57. The van der Waals surface area contributed by atoms with E-state index in [-0.39, 0.29) is 0 Å². The third-order valence-electron chi connectivity index (χ3n) is 3.51. The van der Waals surface area contributed by atoms with E-state index >= 15 is 0 Å². The molecule has 7 heteroatoms. The van der Waals surface area contributed by atoms with E-state index in [0.717, 1.165) is 16.8 Å². The predicted molar refractivity (Wildman–Crippen MR) is 97.5 cm³/mol. The average molecular weight is 341 g/mol. The molecule has 0 aliphatic heterocycles. The lowest BCUT2D eigenvalue weighted by Crippen LogP contribution is -2.08. The van der Waals surface area contributed by atoms with Gasteiger partial charge in [0.05, 0.1) is 0 Å². The number of anilines is 4. The Morgan fingerprint density at radius 3 is 2.75 bits per heavy atom. The third kappa shape index (κ3) is 3.72. The van der Waals surface area contributed by atoms with Crippen molar-refractivity contribution in [3.05, 3.63) is 65.2 Å². The highest BCUT2D eigenvalue weighted by Crippen LogP contribution is 2.28. The Morgan fingerprint density at radius 1 is 1.17 bits per heavy atom. The van der Waals surface area contributed by atoms with Crippen LogP contribution in [-0.2, 0) is 6.54 Å². The van der Waals surface area contributed by atoms with E-state index in [1.165, 1.54) is 6.33 Å². The Hall–Kier alpha value is -2.86. The topological polar surface area (TPSA) is 88.8 Å². The number of nitrogen functional groups attached to an aromatic ring is 1. The molecule has 0 atom stereocenters. The van der Waals surface area contributed by atoms with E-state index in [0.29, 0.717) is 28.9 Å². The summed E-state index contributed by atoms with van der Waals surface area (Å²) < 4.78 is 0. The first-order valence-corrected chi connectivity index (χ1v) is 7.77. The number of nitrogens with zero attached hydrogens (tertiary/aromatic N) is 3. The molecular weight excluding hydrogens is 324 g/mol. The van der Waals surface area contributed by atoms with Crippen LogP contribution in [0.3, 0.4) is 0 Å². The zero-order chi connectivity index (χ0) is 16.9. The molecule has 3 aromatic rings. The van der Waals surface area contributed by atoms with Crippen LogP contribution in [0.1, 0.15) is 11.1 Å². The highest BCUT2D eigenvalue weighted by molar-refractivity contribution is 6.30. The molecular formula is C17H17ClN6. The molecule has 3 rings (SSSR count). The molecule has 1 aromatic carbocycles. The molecule has 0 fully saturated rings. The summed E-state index contributed by atoms with van der Waals surface area (Å²) in [6, 6.07) is 9.45. The minimum atomic E-state index is 0.454. The van der Waals surface area contributed by atoms with E-state index < -0.39 is 0 Å². The van der Waals surface area contributed by atoms with Crippen LogP contribution in [0.4, 0.5) is 23.0 Å². The van der Waals surface area contributed by atoms with Crippen molar-refractivity contribution in [3.63, 3.8) is 0 Å². The molecule has 4 N–H and O–H groups in total. The SMILES string of the molecule is Cc1cc(Cl)ccc1Nc1ncnc(NCc2cccnc2)c1N. The molecule has 6 nitrogen and oxygen atoms in total. The number of hydrogen-bond acceptors (Lipinski definition) is 6. The van der Waals surface area contributed by atoms with Gasteiger partial charge in [0, 0.05) is 29.6 Å². The highest BCUT2D eigenvalue weighted by atomic mass is 35.5. The van der Waals surface area contributed by atoms with Gasteiger partial charge in [0.25, 0.3) is 0 Å². The van der Waals surface area contributed by atoms with E-state index in [2.05, 4.69) is 25.6 Å². The lowest BCUT2D eigenvalue weighted by Gasteiger charge is -2.14. The fraction of sp³-hybridized carbons (Fsp3) is 0.118. The van der Waals surface area contributed by atoms with Crippen LogP contribution in [-0.4, -0.2) is 15.0 Å². The van der Waals surface area contributed by atoms with Crippen molar-refractivity contribution in [2.45, 2.75) is 13.5 Å². The highest BCUT2D eigenvalue weighted by Gasteiger charge is 2.09. The number of aromatic nitrogens is 3. The Morgan fingerprint density at radius 2 is 2.00 bits per heavy atom. The molecule has 0 aliphatic rings. The maximum Gasteiger partial charge on any atom is 0.159 e. The number of hydrogen-bond donors (Lipinski definition) is 3. The van der Waals surface area contributed by atoms with Gasteiger partial charge in [-0.25, -0.2) is 9.97 Å². The van der Waals surface area contributed by atoms with Crippen LogP contribution in [0, 0.1) is 6.92 Å². The van der Waals surface area contributed by atoms with E-state index in [4.69, 9.17) is 17.3 Å². The molecule has 0 amide bonds. The summed E-state index contributed by atoms with van der Waals surface area (Å²) in [4.78, 5) is 12.5. The van der Waals surface area contributed by atoms with E-state index in [1.54, 1.807) is 12.4 Å². The lowest BCUT2D eigenvalue weighted by molar-refractivity contribution is 1.07. The first kappa shape index (κ1) is 16.0. The van der Waals surface area contributed by atoms with Crippen LogP contribution in [0.25, 0.3) is 0 Å². The van der Waals surface area contributed by atoms with Crippen molar-refractivity contribution in [1.29, 1.82) is 0 Å². The minimum Gasteiger partial charge on any atom is -0.393 e. The first-order chi connectivity index (χ1) is 11.6. The molecule has 0 aliphatic carbocycles. The van der Waals surface area contributed by atoms with Crippen molar-refractivity contribution >= 4 is 34.6 Å². The van der Waals surface area contributed by atoms with Gasteiger partial charge in [0.2, 0.25) is 0 Å². The quantitative estimate of drug-likeness (QED) is 0.655. The van der Waals surface area contributed by atoms with Gasteiger partial charge in [-0.05, 0) is 42.3 Å². The number of nitrogens with one attached hydrogen (secondary N) is 2. The zero-order valence-electron chi connectivity index (χ0n) is 13.1. The van der Waals surface area contributed by atoms with Gasteiger partial charge < -0.3 is 16.4 Å². The zero-order valence-corrected chi connectivity index (χ0v) is 13.9. The molecule has 24 heavy (non-hydrogen) atoms. The van der Waals surface area contributed by atoms with Crippen molar-refractivity contribution in [3.8, 4) is 0 Å². The van der Waals surface area contributed by atoms with Gasteiger partial charge in [0.15, 0.2) is 11.6 Å². The fourth-order valence-electron chi connectivity index (χ4n) is 2.22. The van der Waals surface area contributed by atoms with Crippen molar-refractivity contribution in [2.24, 2.45) is 0 Å². The normalized spacial score (nSPS) is 10.4.